The lowest BCUT2D eigenvalue weighted by molar-refractivity contribution is -0.120. The molecule has 0 heterocycles. The second kappa shape index (κ2) is 9.63. The molecule has 0 spiro atoms. The minimum Gasteiger partial charge on any atom is -0.389 e. The maximum atomic E-state index is 11.6. The molecule has 0 saturated heterocycles. The first-order valence-corrected chi connectivity index (χ1v) is 8.55. The largest absolute Gasteiger partial charge is 0.389 e. The van der Waals surface area contributed by atoms with Crippen LogP contribution in [0.2, 0.25) is 0 Å². The fourth-order valence-corrected chi connectivity index (χ4v) is 3.01. The lowest BCUT2D eigenvalue weighted by atomic mass is 10.1. The normalized spacial score (nSPS) is 10.2. The topological polar surface area (TPSA) is 67.2 Å². The van der Waals surface area contributed by atoms with E-state index in [9.17, 15) is 4.79 Å². The van der Waals surface area contributed by atoms with Crippen LogP contribution in [-0.2, 0) is 4.79 Å². The third kappa shape index (κ3) is 5.93. The summed E-state index contributed by atoms with van der Waals surface area (Å²) in [6, 6.07) is 5.93. The average Bonchev–Trinajstić information content (AvgIpc) is 2.45. The molecule has 4 nitrogen and oxygen atoms in total. The third-order valence-corrected chi connectivity index (χ3v) is 3.96. The van der Waals surface area contributed by atoms with Crippen molar-refractivity contribution in [3.05, 3.63) is 23.8 Å². The summed E-state index contributed by atoms with van der Waals surface area (Å²) in [4.78, 5) is 13.0. The van der Waals surface area contributed by atoms with Crippen LogP contribution in [0.4, 0.5) is 5.69 Å². The summed E-state index contributed by atoms with van der Waals surface area (Å²) >= 11 is 6.86. The van der Waals surface area contributed by atoms with Crippen molar-refractivity contribution in [2.45, 2.75) is 31.6 Å². The van der Waals surface area contributed by atoms with Crippen LogP contribution in [0, 0.1) is 0 Å². The molecule has 0 aliphatic heterocycles. The number of anilines is 1. The Morgan fingerprint density at radius 2 is 2.10 bits per heavy atom. The molecule has 0 aliphatic rings. The highest BCUT2D eigenvalue weighted by Gasteiger charge is 2.11. The van der Waals surface area contributed by atoms with Gasteiger partial charge < -0.3 is 16.4 Å². The molecule has 1 amide bonds. The summed E-state index contributed by atoms with van der Waals surface area (Å²) < 4.78 is 0. The molecule has 0 aliphatic carbocycles. The Morgan fingerprint density at radius 1 is 1.33 bits per heavy atom. The highest BCUT2D eigenvalue weighted by Crippen LogP contribution is 2.28. The number of thiocarbonyl (C=S) groups is 1. The van der Waals surface area contributed by atoms with E-state index in [1.165, 1.54) is 0 Å². The van der Waals surface area contributed by atoms with E-state index in [4.69, 9.17) is 18.0 Å². The van der Waals surface area contributed by atoms with Crippen LogP contribution in [0.15, 0.2) is 23.1 Å². The Morgan fingerprint density at radius 3 is 2.71 bits per heavy atom. The highest BCUT2D eigenvalue weighted by molar-refractivity contribution is 7.99. The monoisotopic (exact) mass is 325 g/mol. The van der Waals surface area contributed by atoms with Crippen molar-refractivity contribution < 1.29 is 4.79 Å². The smallest absolute Gasteiger partial charge is 0.221 e. The van der Waals surface area contributed by atoms with Gasteiger partial charge in [-0.1, -0.05) is 32.1 Å². The fraction of sp³-hybridized carbons (Fsp3) is 0.467. The van der Waals surface area contributed by atoms with Crippen molar-refractivity contribution in [3.63, 3.8) is 0 Å². The van der Waals surface area contributed by atoms with Crippen molar-refractivity contribution in [2.24, 2.45) is 5.73 Å². The Bertz CT molecular complexity index is 492. The van der Waals surface area contributed by atoms with E-state index in [0.29, 0.717) is 18.0 Å². The number of amides is 1. The van der Waals surface area contributed by atoms with Crippen molar-refractivity contribution in [2.75, 3.05) is 24.2 Å². The quantitative estimate of drug-likeness (QED) is 0.481. The predicted molar refractivity (Wildman–Crippen MR) is 95.1 cm³/mol. The Kier molecular flexibility index (Phi) is 8.15. The maximum absolute atomic E-state index is 11.6. The van der Waals surface area contributed by atoms with E-state index in [0.717, 1.165) is 34.9 Å². The lowest BCUT2D eigenvalue weighted by Crippen LogP contribution is -2.26. The zero-order valence-electron chi connectivity index (χ0n) is 12.6. The minimum atomic E-state index is 0.0558. The van der Waals surface area contributed by atoms with E-state index in [1.807, 2.05) is 25.1 Å². The molecule has 0 unspecified atom stereocenters. The number of rotatable bonds is 9. The van der Waals surface area contributed by atoms with Crippen LogP contribution < -0.4 is 16.4 Å². The van der Waals surface area contributed by atoms with Crippen molar-refractivity contribution in [3.8, 4) is 0 Å². The maximum Gasteiger partial charge on any atom is 0.221 e. The van der Waals surface area contributed by atoms with Gasteiger partial charge in [0.25, 0.3) is 0 Å². The summed E-state index contributed by atoms with van der Waals surface area (Å²) in [5, 5.41) is 6.11. The first kappa shape index (κ1) is 17.8. The molecule has 0 atom stereocenters. The van der Waals surface area contributed by atoms with Crippen molar-refractivity contribution in [1.82, 2.24) is 5.32 Å². The molecule has 0 aromatic heterocycles. The molecule has 0 bridgehead atoms. The number of nitrogens with one attached hydrogen (secondary N) is 2. The van der Waals surface area contributed by atoms with E-state index in [1.54, 1.807) is 11.8 Å². The summed E-state index contributed by atoms with van der Waals surface area (Å²) in [6.07, 6.45) is 1.38. The summed E-state index contributed by atoms with van der Waals surface area (Å²) in [6.45, 7) is 5.40. The molecule has 4 N–H and O–H groups in total. The number of benzene rings is 1. The second-order valence-electron chi connectivity index (χ2n) is 4.50. The zero-order chi connectivity index (χ0) is 15.7. The van der Waals surface area contributed by atoms with Gasteiger partial charge in [-0.2, -0.15) is 0 Å². The van der Waals surface area contributed by atoms with Crippen LogP contribution in [0.5, 0.6) is 0 Å². The average molecular weight is 326 g/mol. The van der Waals surface area contributed by atoms with E-state index in [-0.39, 0.29) is 5.91 Å². The fourth-order valence-electron chi connectivity index (χ4n) is 1.87. The van der Waals surface area contributed by atoms with Gasteiger partial charge in [-0.15, -0.1) is 11.8 Å². The van der Waals surface area contributed by atoms with Crippen LogP contribution in [0.3, 0.4) is 0 Å². The number of hydrogen-bond acceptors (Lipinski definition) is 4. The molecule has 1 rings (SSSR count). The van der Waals surface area contributed by atoms with E-state index < -0.39 is 0 Å². The van der Waals surface area contributed by atoms with Crippen LogP contribution in [0.1, 0.15) is 32.3 Å². The van der Waals surface area contributed by atoms with Gasteiger partial charge in [0.1, 0.15) is 4.99 Å². The molecule has 1 aromatic rings. The molecule has 1 aromatic carbocycles. The van der Waals surface area contributed by atoms with E-state index >= 15 is 0 Å². The predicted octanol–water partition coefficient (Wildman–Crippen LogP) is 2.76. The Labute approximate surface area is 136 Å². The number of carbonyl (C=O) groups excluding carboxylic acids is 1. The van der Waals surface area contributed by atoms with Gasteiger partial charge in [-0.25, -0.2) is 0 Å². The van der Waals surface area contributed by atoms with Crippen LogP contribution in [0.25, 0.3) is 0 Å². The number of carbonyl (C=O) groups is 1. The van der Waals surface area contributed by atoms with Gasteiger partial charge in [0.15, 0.2) is 0 Å². The summed E-state index contributed by atoms with van der Waals surface area (Å²) in [5.74, 6) is 1.01. The van der Waals surface area contributed by atoms with Gasteiger partial charge in [-0.05, 0) is 24.3 Å². The third-order valence-electron chi connectivity index (χ3n) is 2.81. The number of thioether (sulfide) groups is 1. The van der Waals surface area contributed by atoms with Crippen LogP contribution >= 0.6 is 24.0 Å². The second-order valence-corrected chi connectivity index (χ2v) is 6.25. The first-order chi connectivity index (χ1) is 10.1. The Hall–Kier alpha value is -1.27. The standard InChI is InChI=1S/C15H23N3OS2/c1-3-9-18-13(19)8-10-17-11-6-5-7-12(21-4-2)14(11)15(16)20/h5-7,17H,3-4,8-10H2,1-2H3,(H2,16,20)(H,18,19). The Balaban J connectivity index is 2.68. The summed E-state index contributed by atoms with van der Waals surface area (Å²) in [5.41, 5.74) is 7.60. The lowest BCUT2D eigenvalue weighted by Gasteiger charge is -2.14. The van der Waals surface area contributed by atoms with Crippen molar-refractivity contribution >= 4 is 40.6 Å². The van der Waals surface area contributed by atoms with Gasteiger partial charge in [0, 0.05) is 35.7 Å². The SMILES string of the molecule is CCCNC(=O)CCNc1cccc(SCC)c1C(N)=S. The molecule has 21 heavy (non-hydrogen) atoms. The molecule has 0 radical (unpaired) electrons. The molecule has 116 valence electrons. The first-order valence-electron chi connectivity index (χ1n) is 7.16. The van der Waals surface area contributed by atoms with Crippen LogP contribution in [-0.4, -0.2) is 29.7 Å². The zero-order valence-corrected chi connectivity index (χ0v) is 14.2. The molecule has 0 saturated carbocycles. The minimum absolute atomic E-state index is 0.0558. The van der Waals surface area contributed by atoms with Crippen molar-refractivity contribution in [1.29, 1.82) is 0 Å². The molecule has 0 fully saturated rings. The molecule has 6 heteroatoms. The highest BCUT2D eigenvalue weighted by atomic mass is 32.2. The van der Waals surface area contributed by atoms with Gasteiger partial charge >= 0.3 is 0 Å². The van der Waals surface area contributed by atoms with Gasteiger partial charge in [-0.3, -0.25) is 4.79 Å². The molecular weight excluding hydrogens is 302 g/mol. The number of nitrogens with two attached hydrogens (primary N) is 1. The van der Waals surface area contributed by atoms with Gasteiger partial charge in [0.2, 0.25) is 5.91 Å². The molecular formula is C15H23N3OS2. The number of hydrogen-bond donors (Lipinski definition) is 3. The van der Waals surface area contributed by atoms with Gasteiger partial charge in [0.05, 0.1) is 0 Å². The summed E-state index contributed by atoms with van der Waals surface area (Å²) in [7, 11) is 0. The van der Waals surface area contributed by atoms with E-state index in [2.05, 4.69) is 17.6 Å².